The van der Waals surface area contributed by atoms with Gasteiger partial charge in [0.25, 0.3) is 15.9 Å². The fourth-order valence-electron chi connectivity index (χ4n) is 3.50. The Hall–Kier alpha value is -3.96. The summed E-state index contributed by atoms with van der Waals surface area (Å²) >= 11 is 6.16. The number of anilines is 2. The molecule has 0 spiro atoms. The molecule has 3 aromatic carbocycles. The fourth-order valence-corrected chi connectivity index (χ4v) is 5.00. The highest BCUT2D eigenvalue weighted by Gasteiger charge is 2.26. The summed E-state index contributed by atoms with van der Waals surface area (Å²) in [5.74, 6) is -1.03. The normalized spacial score (nSPS) is 11.7. The van der Waals surface area contributed by atoms with Gasteiger partial charge in [-0.15, -0.1) is 0 Å². The number of hydrogen-bond acceptors (Lipinski definition) is 8. The van der Waals surface area contributed by atoms with Crippen molar-refractivity contribution in [2.75, 3.05) is 31.4 Å². The van der Waals surface area contributed by atoms with E-state index in [1.807, 2.05) is 19.1 Å². The molecule has 39 heavy (non-hydrogen) atoms. The molecular weight excluding hydrogens is 548 g/mol. The van der Waals surface area contributed by atoms with E-state index in [0.717, 1.165) is 18.1 Å². The molecule has 0 aromatic heterocycles. The number of esters is 1. The highest BCUT2D eigenvalue weighted by atomic mass is 35.5. The van der Waals surface area contributed by atoms with Crippen molar-refractivity contribution in [3.63, 3.8) is 0 Å². The van der Waals surface area contributed by atoms with Gasteiger partial charge in [0.05, 0.1) is 37.6 Å². The summed E-state index contributed by atoms with van der Waals surface area (Å²) < 4.78 is 50.0. The van der Waals surface area contributed by atoms with Gasteiger partial charge in [-0.2, -0.15) is 0 Å². The van der Waals surface area contributed by atoms with Gasteiger partial charge in [0.2, 0.25) is 0 Å². The molecule has 0 saturated carbocycles. The number of ether oxygens (including phenoxy) is 4. The van der Waals surface area contributed by atoms with Crippen LogP contribution in [0.15, 0.2) is 59.5 Å². The van der Waals surface area contributed by atoms with Crippen molar-refractivity contribution in [1.29, 1.82) is 0 Å². The van der Waals surface area contributed by atoms with E-state index in [-0.39, 0.29) is 38.4 Å². The molecular formula is C27H29ClN2O8S. The van der Waals surface area contributed by atoms with E-state index in [9.17, 15) is 18.0 Å². The molecule has 10 nitrogen and oxygen atoms in total. The largest absolute Gasteiger partial charge is 0.495 e. The van der Waals surface area contributed by atoms with Crippen LogP contribution in [0.3, 0.4) is 0 Å². The minimum atomic E-state index is -4.31. The average Bonchev–Trinajstić information content (AvgIpc) is 2.92. The van der Waals surface area contributed by atoms with Crippen LogP contribution in [-0.2, 0) is 26.0 Å². The maximum Gasteiger partial charge on any atom is 0.338 e. The van der Waals surface area contributed by atoms with E-state index in [1.54, 1.807) is 12.1 Å². The lowest BCUT2D eigenvalue weighted by Gasteiger charge is -2.17. The van der Waals surface area contributed by atoms with Crippen molar-refractivity contribution >= 4 is 44.9 Å². The minimum absolute atomic E-state index is 0.0288. The number of methoxy groups -OCH3 is 3. The van der Waals surface area contributed by atoms with Crippen molar-refractivity contribution < 1.29 is 37.0 Å². The smallest absolute Gasteiger partial charge is 0.338 e. The second-order valence-electron chi connectivity index (χ2n) is 8.25. The number of carbonyl (C=O) groups is 2. The number of nitrogens with one attached hydrogen (secondary N) is 2. The Balaban J connectivity index is 1.82. The van der Waals surface area contributed by atoms with Gasteiger partial charge in [-0.25, -0.2) is 13.2 Å². The predicted octanol–water partition coefficient (Wildman–Crippen LogP) is 4.91. The number of aryl methyl sites for hydroxylation is 1. The van der Waals surface area contributed by atoms with Crippen molar-refractivity contribution in [2.24, 2.45) is 0 Å². The molecule has 0 fully saturated rings. The Labute approximate surface area is 232 Å². The van der Waals surface area contributed by atoms with E-state index in [1.165, 1.54) is 52.5 Å². The molecule has 1 atom stereocenters. The SMILES string of the molecule is CCc1ccc(NC(=O)C(C)OC(=O)c2ccc(OC)c(S(=O)(=O)Nc3cc(Cl)c(OC)cc3OC)c2)cc1. The van der Waals surface area contributed by atoms with Gasteiger partial charge in [0, 0.05) is 11.8 Å². The average molecular weight is 577 g/mol. The van der Waals surface area contributed by atoms with E-state index in [2.05, 4.69) is 10.0 Å². The first-order valence-electron chi connectivity index (χ1n) is 11.8. The zero-order chi connectivity index (χ0) is 28.7. The monoisotopic (exact) mass is 576 g/mol. The third-order valence-corrected chi connectivity index (χ3v) is 7.37. The highest BCUT2D eigenvalue weighted by Crippen LogP contribution is 2.38. The molecule has 0 aliphatic heterocycles. The first-order valence-corrected chi connectivity index (χ1v) is 13.6. The third-order valence-electron chi connectivity index (χ3n) is 5.69. The summed E-state index contributed by atoms with van der Waals surface area (Å²) in [7, 11) is -0.258. The lowest BCUT2D eigenvalue weighted by molar-refractivity contribution is -0.123. The molecule has 1 amide bonds. The first-order chi connectivity index (χ1) is 18.5. The van der Waals surface area contributed by atoms with E-state index < -0.39 is 28.0 Å². The molecule has 0 aliphatic rings. The third kappa shape index (κ3) is 7.12. The van der Waals surface area contributed by atoms with Crippen LogP contribution in [0.4, 0.5) is 11.4 Å². The summed E-state index contributed by atoms with van der Waals surface area (Å²) in [4.78, 5) is 25.0. The lowest BCUT2D eigenvalue weighted by atomic mass is 10.1. The Kier molecular flexibility index (Phi) is 9.66. The van der Waals surface area contributed by atoms with Gasteiger partial charge < -0.3 is 24.3 Å². The summed E-state index contributed by atoms with van der Waals surface area (Å²) in [6.07, 6.45) is -0.298. The maximum absolute atomic E-state index is 13.3. The van der Waals surface area contributed by atoms with Crippen molar-refractivity contribution in [1.82, 2.24) is 0 Å². The molecule has 0 bridgehead atoms. The summed E-state index contributed by atoms with van der Waals surface area (Å²) in [5, 5.41) is 2.83. The molecule has 0 heterocycles. The van der Waals surface area contributed by atoms with Crippen LogP contribution < -0.4 is 24.2 Å². The first kappa shape index (κ1) is 29.6. The molecule has 2 N–H and O–H groups in total. The molecule has 1 unspecified atom stereocenters. The summed E-state index contributed by atoms with van der Waals surface area (Å²) in [5.41, 5.74) is 1.59. The number of carbonyl (C=O) groups excluding carboxylic acids is 2. The van der Waals surface area contributed by atoms with Crippen LogP contribution in [0, 0.1) is 0 Å². The van der Waals surface area contributed by atoms with Crippen molar-refractivity contribution in [3.05, 3.63) is 70.7 Å². The molecule has 0 saturated heterocycles. The molecule has 3 rings (SSSR count). The lowest BCUT2D eigenvalue weighted by Crippen LogP contribution is -2.30. The zero-order valence-corrected chi connectivity index (χ0v) is 23.6. The number of benzene rings is 3. The van der Waals surface area contributed by atoms with E-state index >= 15 is 0 Å². The maximum atomic E-state index is 13.3. The molecule has 3 aromatic rings. The van der Waals surface area contributed by atoms with Gasteiger partial charge in [0.1, 0.15) is 22.1 Å². The summed E-state index contributed by atoms with van der Waals surface area (Å²) in [6.45, 7) is 3.43. The van der Waals surface area contributed by atoms with Gasteiger partial charge in [-0.05, 0) is 55.3 Å². The van der Waals surface area contributed by atoms with E-state index in [4.69, 9.17) is 30.5 Å². The molecule has 0 radical (unpaired) electrons. The number of sulfonamides is 1. The Morgan fingerprint density at radius 3 is 2.13 bits per heavy atom. The van der Waals surface area contributed by atoms with Crippen molar-refractivity contribution in [2.45, 2.75) is 31.3 Å². The second kappa shape index (κ2) is 12.7. The van der Waals surface area contributed by atoms with Crippen LogP contribution in [0.2, 0.25) is 5.02 Å². The van der Waals surface area contributed by atoms with Crippen LogP contribution in [0.25, 0.3) is 0 Å². The van der Waals surface area contributed by atoms with Crippen LogP contribution in [0.1, 0.15) is 29.8 Å². The number of hydrogen-bond donors (Lipinski definition) is 2. The van der Waals surface area contributed by atoms with Gasteiger partial charge in [-0.1, -0.05) is 30.7 Å². The molecule has 0 aliphatic carbocycles. The quantitative estimate of drug-likeness (QED) is 0.308. The van der Waals surface area contributed by atoms with Crippen molar-refractivity contribution in [3.8, 4) is 17.2 Å². The number of halogens is 1. The number of rotatable bonds is 11. The summed E-state index contributed by atoms with van der Waals surface area (Å²) in [6, 6.07) is 13.8. The van der Waals surface area contributed by atoms with Crippen LogP contribution >= 0.6 is 11.6 Å². The van der Waals surface area contributed by atoms with Gasteiger partial charge in [0.15, 0.2) is 6.10 Å². The Morgan fingerprint density at radius 1 is 0.897 bits per heavy atom. The fraction of sp³-hybridized carbons (Fsp3) is 0.259. The minimum Gasteiger partial charge on any atom is -0.495 e. The van der Waals surface area contributed by atoms with Crippen LogP contribution in [0.5, 0.6) is 17.2 Å². The predicted molar refractivity (Wildman–Crippen MR) is 148 cm³/mol. The number of amides is 1. The van der Waals surface area contributed by atoms with Gasteiger partial charge in [-0.3, -0.25) is 9.52 Å². The topological polar surface area (TPSA) is 129 Å². The molecule has 12 heteroatoms. The zero-order valence-electron chi connectivity index (χ0n) is 22.0. The second-order valence-corrected chi connectivity index (χ2v) is 10.3. The Morgan fingerprint density at radius 2 is 1.54 bits per heavy atom. The Bertz CT molecular complexity index is 1460. The van der Waals surface area contributed by atoms with Crippen LogP contribution in [-0.4, -0.2) is 47.7 Å². The standard InChI is InChI=1S/C27H29ClN2O8S/c1-6-17-7-10-19(11-8-17)29-26(31)16(2)38-27(32)18-9-12-22(35-3)25(13-18)39(33,34)30-21-14-20(28)23(36-4)15-24(21)37-5/h7-16,30H,6H2,1-5H3,(H,29,31). The van der Waals surface area contributed by atoms with Gasteiger partial charge >= 0.3 is 5.97 Å². The molecule has 208 valence electrons. The van der Waals surface area contributed by atoms with E-state index in [0.29, 0.717) is 5.69 Å². The highest BCUT2D eigenvalue weighted by molar-refractivity contribution is 7.92.